The zero-order valence-electron chi connectivity index (χ0n) is 19.1. The summed E-state index contributed by atoms with van der Waals surface area (Å²) < 4.78 is 10.9. The van der Waals surface area contributed by atoms with E-state index in [1.54, 1.807) is 14.2 Å². The standard InChI is InChI=1S/C26H26N2O5/c1-12-6-5-7-13(2)23(12)28-25(29)19-16-11-17(20(19)26(28)30)24-21(16)22(27-33-24)15-9-8-14(31-3)10-18(15)32-4/h5-10,16-17,19-21,24H,11H2,1-4H3/t16-,17+,19+,20+,21-,24-/m1/s1. The van der Waals surface area contributed by atoms with Gasteiger partial charge >= 0.3 is 0 Å². The highest BCUT2D eigenvalue weighted by Gasteiger charge is 2.70. The van der Waals surface area contributed by atoms with Gasteiger partial charge < -0.3 is 14.3 Å². The van der Waals surface area contributed by atoms with Crippen molar-refractivity contribution < 1.29 is 23.9 Å². The highest BCUT2D eigenvalue weighted by atomic mass is 16.6. The summed E-state index contributed by atoms with van der Waals surface area (Å²) in [6, 6.07) is 11.5. The Balaban J connectivity index is 1.37. The maximum absolute atomic E-state index is 13.7. The lowest BCUT2D eigenvalue weighted by Crippen LogP contribution is -2.41. The summed E-state index contributed by atoms with van der Waals surface area (Å²) in [6.07, 6.45) is 0.618. The molecule has 6 atom stereocenters. The van der Waals surface area contributed by atoms with Crippen LogP contribution in [0.3, 0.4) is 0 Å². The van der Waals surface area contributed by atoms with E-state index >= 15 is 0 Å². The maximum Gasteiger partial charge on any atom is 0.238 e. The Hall–Kier alpha value is -3.35. The van der Waals surface area contributed by atoms with Gasteiger partial charge in [-0.25, -0.2) is 4.90 Å². The highest BCUT2D eigenvalue weighted by molar-refractivity contribution is 6.23. The molecular formula is C26H26N2O5. The summed E-state index contributed by atoms with van der Waals surface area (Å²) in [5.41, 5.74) is 4.25. The van der Waals surface area contributed by atoms with Gasteiger partial charge in [-0.15, -0.1) is 0 Å². The Morgan fingerprint density at radius 3 is 2.30 bits per heavy atom. The van der Waals surface area contributed by atoms with Crippen LogP contribution in [0, 0.1) is 43.4 Å². The fourth-order valence-electron chi connectivity index (χ4n) is 6.74. The number of amides is 2. The second kappa shape index (κ2) is 7.07. The molecule has 7 heteroatoms. The van der Waals surface area contributed by atoms with E-state index in [9.17, 15) is 9.59 Å². The van der Waals surface area contributed by atoms with Gasteiger partial charge in [0.2, 0.25) is 11.8 Å². The molecule has 2 bridgehead atoms. The molecular weight excluding hydrogens is 420 g/mol. The van der Waals surface area contributed by atoms with Crippen LogP contribution in [-0.4, -0.2) is 37.8 Å². The molecule has 7 nitrogen and oxygen atoms in total. The van der Waals surface area contributed by atoms with E-state index in [2.05, 4.69) is 5.16 Å². The van der Waals surface area contributed by atoms with Crippen molar-refractivity contribution in [3.05, 3.63) is 53.1 Å². The van der Waals surface area contributed by atoms with Gasteiger partial charge in [0.1, 0.15) is 17.6 Å². The molecule has 2 aliphatic heterocycles. The number of anilines is 1. The topological polar surface area (TPSA) is 77.4 Å². The third kappa shape index (κ3) is 2.59. The van der Waals surface area contributed by atoms with Crippen LogP contribution in [0.15, 0.2) is 41.6 Å². The normalized spacial score (nSPS) is 31.4. The number of oxime groups is 1. The van der Waals surface area contributed by atoms with Gasteiger partial charge in [-0.2, -0.15) is 0 Å². The molecule has 0 N–H and O–H groups in total. The third-order valence-electron chi connectivity index (χ3n) is 8.04. The largest absolute Gasteiger partial charge is 0.497 e. The average Bonchev–Trinajstić information content (AvgIpc) is 3.55. The predicted molar refractivity (Wildman–Crippen MR) is 121 cm³/mol. The molecule has 0 spiro atoms. The Bertz CT molecular complexity index is 1200. The minimum Gasteiger partial charge on any atom is -0.497 e. The van der Waals surface area contributed by atoms with Crippen molar-refractivity contribution in [2.24, 2.45) is 34.7 Å². The first-order valence-corrected chi connectivity index (χ1v) is 11.4. The minimum absolute atomic E-state index is 0.0127. The fraction of sp³-hybridized carbons (Fsp3) is 0.423. The number of benzene rings is 2. The monoisotopic (exact) mass is 446 g/mol. The van der Waals surface area contributed by atoms with Gasteiger partial charge in [0, 0.05) is 23.5 Å². The van der Waals surface area contributed by atoms with Crippen LogP contribution in [0.2, 0.25) is 0 Å². The van der Waals surface area contributed by atoms with Crippen LogP contribution in [0.1, 0.15) is 23.1 Å². The number of hydrogen-bond donors (Lipinski definition) is 0. The van der Waals surface area contributed by atoms with Crippen molar-refractivity contribution in [2.75, 3.05) is 19.1 Å². The predicted octanol–water partition coefficient (Wildman–Crippen LogP) is 3.50. The number of para-hydroxylation sites is 1. The highest BCUT2D eigenvalue weighted by Crippen LogP contribution is 2.62. The third-order valence-corrected chi connectivity index (χ3v) is 8.04. The summed E-state index contributed by atoms with van der Waals surface area (Å²) >= 11 is 0. The first-order valence-electron chi connectivity index (χ1n) is 11.4. The zero-order chi connectivity index (χ0) is 23.0. The summed E-state index contributed by atoms with van der Waals surface area (Å²) in [5.74, 6) is 0.476. The molecule has 3 fully saturated rings. The van der Waals surface area contributed by atoms with E-state index in [-0.39, 0.29) is 47.5 Å². The molecule has 33 heavy (non-hydrogen) atoms. The summed E-state index contributed by atoms with van der Waals surface area (Å²) in [5, 5.41) is 4.44. The molecule has 2 heterocycles. The van der Waals surface area contributed by atoms with E-state index in [0.717, 1.165) is 34.5 Å². The van der Waals surface area contributed by atoms with Gasteiger partial charge in [0.05, 0.1) is 37.5 Å². The Morgan fingerprint density at radius 2 is 1.64 bits per heavy atom. The lowest BCUT2D eigenvalue weighted by molar-refractivity contribution is -0.125. The number of rotatable bonds is 4. The summed E-state index contributed by atoms with van der Waals surface area (Å²) in [4.78, 5) is 34.7. The van der Waals surface area contributed by atoms with E-state index in [1.807, 2.05) is 50.2 Å². The molecule has 2 amide bonds. The van der Waals surface area contributed by atoms with Gasteiger partial charge in [0.25, 0.3) is 0 Å². The SMILES string of the molecule is COc1ccc(C2=NO[C@@H]3[C@H]4C[C@@H]([C@H]23)[C@@H]2C(=O)N(c3c(C)cccc3C)C(=O)[C@@H]42)c(OC)c1. The Labute approximate surface area is 192 Å². The van der Waals surface area contributed by atoms with Crippen LogP contribution in [-0.2, 0) is 14.4 Å². The molecule has 0 radical (unpaired) electrons. The quantitative estimate of drug-likeness (QED) is 0.672. The molecule has 170 valence electrons. The van der Waals surface area contributed by atoms with Crippen LogP contribution in [0.25, 0.3) is 0 Å². The molecule has 2 aliphatic carbocycles. The van der Waals surface area contributed by atoms with Crippen molar-refractivity contribution >= 4 is 23.2 Å². The van der Waals surface area contributed by atoms with E-state index in [0.29, 0.717) is 11.5 Å². The van der Waals surface area contributed by atoms with Gasteiger partial charge in [-0.05, 0) is 49.4 Å². The molecule has 1 saturated heterocycles. The van der Waals surface area contributed by atoms with Crippen molar-refractivity contribution in [3.63, 3.8) is 0 Å². The molecule has 2 saturated carbocycles. The molecule has 0 aromatic heterocycles. The minimum atomic E-state index is -0.338. The molecule has 0 unspecified atom stereocenters. The number of ether oxygens (including phenoxy) is 2. The Kier molecular flexibility index (Phi) is 4.34. The van der Waals surface area contributed by atoms with Crippen molar-refractivity contribution in [2.45, 2.75) is 26.4 Å². The summed E-state index contributed by atoms with van der Waals surface area (Å²) in [7, 11) is 3.23. The first-order chi connectivity index (χ1) is 16.0. The lowest BCUT2D eigenvalue weighted by Gasteiger charge is -2.30. The van der Waals surface area contributed by atoms with E-state index in [4.69, 9.17) is 14.3 Å². The van der Waals surface area contributed by atoms with Crippen molar-refractivity contribution in [1.82, 2.24) is 0 Å². The van der Waals surface area contributed by atoms with E-state index < -0.39 is 0 Å². The number of carbonyl (C=O) groups is 2. The number of hydrogen-bond acceptors (Lipinski definition) is 6. The number of methoxy groups -OCH3 is 2. The lowest BCUT2D eigenvalue weighted by atomic mass is 9.71. The number of aryl methyl sites for hydroxylation is 2. The first kappa shape index (κ1) is 20.3. The summed E-state index contributed by atoms with van der Waals surface area (Å²) in [6.45, 7) is 3.90. The molecule has 4 aliphatic rings. The van der Waals surface area contributed by atoms with E-state index in [1.165, 1.54) is 4.90 Å². The van der Waals surface area contributed by atoms with Crippen LogP contribution in [0.4, 0.5) is 5.69 Å². The number of fused-ring (bicyclic) bond motifs is 8. The fourth-order valence-corrected chi connectivity index (χ4v) is 6.74. The van der Waals surface area contributed by atoms with Crippen molar-refractivity contribution in [3.8, 4) is 11.5 Å². The average molecular weight is 447 g/mol. The zero-order valence-corrected chi connectivity index (χ0v) is 19.1. The van der Waals surface area contributed by atoms with Crippen LogP contribution in [0.5, 0.6) is 11.5 Å². The van der Waals surface area contributed by atoms with Gasteiger partial charge in [0.15, 0.2) is 0 Å². The number of imide groups is 1. The second-order valence-corrected chi connectivity index (χ2v) is 9.51. The second-order valence-electron chi connectivity index (χ2n) is 9.51. The molecule has 6 rings (SSSR count). The van der Waals surface area contributed by atoms with Gasteiger partial charge in [-0.3, -0.25) is 9.59 Å². The smallest absolute Gasteiger partial charge is 0.238 e. The number of nitrogens with zero attached hydrogens (tertiary/aromatic N) is 2. The Morgan fingerprint density at radius 1 is 0.939 bits per heavy atom. The van der Waals surface area contributed by atoms with Crippen LogP contribution >= 0.6 is 0 Å². The van der Waals surface area contributed by atoms with Crippen LogP contribution < -0.4 is 14.4 Å². The maximum atomic E-state index is 13.7. The molecule has 2 aromatic rings. The molecule has 2 aromatic carbocycles. The van der Waals surface area contributed by atoms with Crippen molar-refractivity contribution in [1.29, 1.82) is 0 Å². The number of carbonyl (C=O) groups excluding carboxylic acids is 2. The van der Waals surface area contributed by atoms with Gasteiger partial charge in [-0.1, -0.05) is 23.4 Å².